The third-order valence-electron chi connectivity index (χ3n) is 1.48. The van der Waals surface area contributed by atoms with Gasteiger partial charge in [-0.05, 0) is 57.3 Å². The van der Waals surface area contributed by atoms with Gasteiger partial charge in [0.2, 0.25) is 0 Å². The van der Waals surface area contributed by atoms with Crippen LogP contribution in [0.25, 0.3) is 0 Å². The molecule has 1 aromatic rings. The molecule has 3 nitrogen and oxygen atoms in total. The maximum Gasteiger partial charge on any atom is 0.188 e. The monoisotopic (exact) mass is 404 g/mol. The highest BCUT2D eigenvalue weighted by atomic mass is 127. The maximum absolute atomic E-state index is 11.1. The first kappa shape index (κ1) is 11.2. The molecular formula is C8H6I2O3. The average Bonchev–Trinajstić information content (AvgIpc) is 2.12. The minimum absolute atomic E-state index is 0.177. The summed E-state index contributed by atoms with van der Waals surface area (Å²) in [5, 5.41) is 18.0. The van der Waals surface area contributed by atoms with Crippen LogP contribution in [0, 0.1) is 7.14 Å². The third kappa shape index (κ3) is 2.53. The molecule has 0 aliphatic rings. The Morgan fingerprint density at radius 3 is 2.15 bits per heavy atom. The van der Waals surface area contributed by atoms with E-state index in [-0.39, 0.29) is 11.5 Å². The van der Waals surface area contributed by atoms with Gasteiger partial charge in [-0.2, -0.15) is 0 Å². The summed E-state index contributed by atoms with van der Waals surface area (Å²) in [6, 6.07) is 3.10. The Morgan fingerprint density at radius 1 is 1.31 bits per heavy atom. The normalized spacial score (nSPS) is 10.1. The number of aliphatic hydroxyl groups excluding tert-OH is 1. The van der Waals surface area contributed by atoms with Crippen molar-refractivity contribution < 1.29 is 15.0 Å². The molecule has 0 unspecified atom stereocenters. The topological polar surface area (TPSA) is 57.5 Å². The maximum atomic E-state index is 11.1. The van der Waals surface area contributed by atoms with E-state index in [1.54, 1.807) is 12.1 Å². The molecule has 70 valence electrons. The van der Waals surface area contributed by atoms with E-state index in [9.17, 15) is 9.90 Å². The number of Topliss-reactive ketones (excluding diaryl/α,β-unsaturated/α-hetero) is 1. The number of rotatable bonds is 2. The summed E-state index contributed by atoms with van der Waals surface area (Å²) in [7, 11) is 0. The Labute approximate surface area is 102 Å². The van der Waals surface area contributed by atoms with Gasteiger partial charge in [-0.15, -0.1) is 0 Å². The highest BCUT2D eigenvalue weighted by Gasteiger charge is 2.10. The summed E-state index contributed by atoms with van der Waals surface area (Å²) in [6.07, 6.45) is 0. The number of carbonyl (C=O) groups excluding carboxylic acids is 1. The van der Waals surface area contributed by atoms with Crippen LogP contribution in [0.4, 0.5) is 0 Å². The lowest BCUT2D eigenvalue weighted by atomic mass is 10.1. The van der Waals surface area contributed by atoms with Crippen molar-refractivity contribution in [1.82, 2.24) is 0 Å². The zero-order valence-electron chi connectivity index (χ0n) is 6.42. The van der Waals surface area contributed by atoms with Gasteiger partial charge in [0.15, 0.2) is 5.78 Å². The molecule has 0 heterocycles. The summed E-state index contributed by atoms with van der Waals surface area (Å²) in [4.78, 5) is 11.1. The summed E-state index contributed by atoms with van der Waals surface area (Å²) in [6.45, 7) is -0.503. The lowest BCUT2D eigenvalue weighted by Gasteiger charge is -2.03. The van der Waals surface area contributed by atoms with Crippen LogP contribution < -0.4 is 0 Å². The van der Waals surface area contributed by atoms with Gasteiger partial charge in [-0.25, -0.2) is 0 Å². The molecule has 0 aromatic heterocycles. The predicted molar refractivity (Wildman–Crippen MR) is 65.0 cm³/mol. The van der Waals surface area contributed by atoms with Crippen molar-refractivity contribution >= 4 is 51.0 Å². The highest BCUT2D eigenvalue weighted by molar-refractivity contribution is 14.1. The molecule has 0 amide bonds. The fourth-order valence-electron chi connectivity index (χ4n) is 0.818. The number of benzene rings is 1. The molecule has 13 heavy (non-hydrogen) atoms. The van der Waals surface area contributed by atoms with E-state index in [1.165, 1.54) is 0 Å². The number of phenolic OH excluding ortho intramolecular Hbond substituents is 1. The van der Waals surface area contributed by atoms with E-state index >= 15 is 0 Å². The van der Waals surface area contributed by atoms with Crippen molar-refractivity contribution in [3.05, 3.63) is 24.8 Å². The van der Waals surface area contributed by atoms with Gasteiger partial charge in [-0.3, -0.25) is 4.79 Å². The van der Waals surface area contributed by atoms with Crippen LogP contribution in [-0.2, 0) is 0 Å². The van der Waals surface area contributed by atoms with Crippen molar-refractivity contribution in [3.63, 3.8) is 0 Å². The average molecular weight is 404 g/mol. The summed E-state index contributed by atoms with van der Waals surface area (Å²) in [5.41, 5.74) is 0.425. The van der Waals surface area contributed by atoms with E-state index in [0.717, 1.165) is 0 Å². The van der Waals surface area contributed by atoms with E-state index < -0.39 is 6.61 Å². The Bertz CT molecular complexity index is 326. The Balaban J connectivity index is 3.20. The van der Waals surface area contributed by atoms with Crippen LogP contribution in [0.1, 0.15) is 10.4 Å². The zero-order chi connectivity index (χ0) is 10.0. The Hall–Kier alpha value is 0.110. The first-order valence-corrected chi connectivity index (χ1v) is 5.54. The van der Waals surface area contributed by atoms with Crippen LogP contribution in [0.15, 0.2) is 12.1 Å². The van der Waals surface area contributed by atoms with Crippen LogP contribution >= 0.6 is 45.2 Å². The first-order chi connectivity index (χ1) is 6.06. The van der Waals surface area contributed by atoms with Crippen molar-refractivity contribution in [2.24, 2.45) is 0 Å². The fourth-order valence-corrected chi connectivity index (χ4v) is 2.59. The molecule has 0 bridgehead atoms. The SMILES string of the molecule is O=C(CO)c1cc(I)c(O)c(I)c1. The molecule has 0 saturated carbocycles. The predicted octanol–water partition coefficient (Wildman–Crippen LogP) is 1.78. The fraction of sp³-hybridized carbons (Fsp3) is 0.125. The molecule has 0 saturated heterocycles. The lowest BCUT2D eigenvalue weighted by Crippen LogP contribution is -2.05. The number of aromatic hydroxyl groups is 1. The van der Waals surface area contributed by atoms with Crippen molar-refractivity contribution in [1.29, 1.82) is 0 Å². The minimum atomic E-state index is -0.503. The molecule has 0 atom stereocenters. The van der Waals surface area contributed by atoms with Gasteiger partial charge in [0.1, 0.15) is 12.4 Å². The van der Waals surface area contributed by atoms with Crippen molar-refractivity contribution in [3.8, 4) is 5.75 Å². The van der Waals surface area contributed by atoms with Gasteiger partial charge in [-0.1, -0.05) is 0 Å². The van der Waals surface area contributed by atoms with Crippen molar-refractivity contribution in [2.75, 3.05) is 6.61 Å². The molecule has 0 aliphatic carbocycles. The summed E-state index contributed by atoms with van der Waals surface area (Å²) in [5.74, 6) is -0.161. The van der Waals surface area contributed by atoms with E-state index in [1.807, 2.05) is 45.2 Å². The smallest absolute Gasteiger partial charge is 0.188 e. The number of phenols is 1. The van der Waals surface area contributed by atoms with E-state index in [0.29, 0.717) is 12.7 Å². The number of hydrogen-bond acceptors (Lipinski definition) is 3. The zero-order valence-corrected chi connectivity index (χ0v) is 10.7. The number of hydrogen-bond donors (Lipinski definition) is 2. The first-order valence-electron chi connectivity index (χ1n) is 3.38. The molecule has 0 radical (unpaired) electrons. The second-order valence-corrected chi connectivity index (χ2v) is 4.69. The molecule has 0 spiro atoms. The van der Waals surface area contributed by atoms with Crippen LogP contribution in [-0.4, -0.2) is 22.6 Å². The van der Waals surface area contributed by atoms with Gasteiger partial charge < -0.3 is 10.2 Å². The second kappa shape index (κ2) is 4.56. The summed E-state index contributed by atoms with van der Waals surface area (Å²) >= 11 is 3.87. The molecular weight excluding hydrogens is 398 g/mol. The number of carbonyl (C=O) groups is 1. The second-order valence-electron chi connectivity index (χ2n) is 2.37. The van der Waals surface area contributed by atoms with Crippen LogP contribution in [0.5, 0.6) is 5.75 Å². The molecule has 2 N–H and O–H groups in total. The van der Waals surface area contributed by atoms with E-state index in [4.69, 9.17) is 5.11 Å². The van der Waals surface area contributed by atoms with Gasteiger partial charge in [0, 0.05) is 5.56 Å². The molecule has 1 aromatic carbocycles. The third-order valence-corrected chi connectivity index (χ3v) is 3.13. The van der Waals surface area contributed by atoms with Crippen molar-refractivity contribution in [2.45, 2.75) is 0 Å². The van der Waals surface area contributed by atoms with Crippen LogP contribution in [0.3, 0.4) is 0 Å². The van der Waals surface area contributed by atoms with E-state index in [2.05, 4.69) is 0 Å². The molecule has 5 heteroatoms. The largest absolute Gasteiger partial charge is 0.506 e. The lowest BCUT2D eigenvalue weighted by molar-refractivity contribution is 0.0903. The Morgan fingerprint density at radius 2 is 1.77 bits per heavy atom. The number of aliphatic hydroxyl groups is 1. The van der Waals surface area contributed by atoms with Crippen LogP contribution in [0.2, 0.25) is 0 Å². The molecule has 1 rings (SSSR count). The standard InChI is InChI=1S/C8H6I2O3/c9-5-1-4(7(12)3-11)2-6(10)8(5)13/h1-2,11,13H,3H2. The summed E-state index contributed by atoms with van der Waals surface area (Å²) < 4.78 is 1.22. The minimum Gasteiger partial charge on any atom is -0.506 e. The molecule has 0 fully saturated rings. The number of halogens is 2. The number of ketones is 1. The quantitative estimate of drug-likeness (QED) is 0.584. The Kier molecular flexibility index (Phi) is 3.92. The van der Waals surface area contributed by atoms with Gasteiger partial charge in [0.05, 0.1) is 7.14 Å². The highest BCUT2D eigenvalue weighted by Crippen LogP contribution is 2.27. The molecule has 0 aliphatic heterocycles. The van der Waals surface area contributed by atoms with Gasteiger partial charge in [0.25, 0.3) is 0 Å². The van der Waals surface area contributed by atoms with Gasteiger partial charge >= 0.3 is 0 Å².